The summed E-state index contributed by atoms with van der Waals surface area (Å²) in [5.74, 6) is 0.888. The van der Waals surface area contributed by atoms with E-state index in [0.717, 1.165) is 0 Å². The Morgan fingerprint density at radius 2 is 1.38 bits per heavy atom. The summed E-state index contributed by atoms with van der Waals surface area (Å²) in [4.78, 5) is 12.8. The van der Waals surface area contributed by atoms with E-state index in [4.69, 9.17) is 18.9 Å². The maximum Gasteiger partial charge on any atom is 0.199 e. The van der Waals surface area contributed by atoms with Crippen LogP contribution in [0.3, 0.4) is 0 Å². The zero-order valence-corrected chi connectivity index (χ0v) is 14.0. The van der Waals surface area contributed by atoms with Crippen LogP contribution in [0.25, 0.3) is 0 Å². The first-order valence-electron chi connectivity index (χ1n) is 7.23. The van der Waals surface area contributed by atoms with E-state index in [0.29, 0.717) is 22.8 Å². The van der Waals surface area contributed by atoms with Crippen LogP contribution in [0, 0.1) is 0 Å². The zero-order chi connectivity index (χ0) is 17.7. The number of rotatable bonds is 7. The first-order chi connectivity index (χ1) is 11.6. The molecular weight excluding hydrogens is 312 g/mol. The Hall–Kier alpha value is -2.73. The lowest BCUT2D eigenvalue weighted by Gasteiger charge is -2.18. The van der Waals surface area contributed by atoms with Gasteiger partial charge in [0.2, 0.25) is 0 Å². The van der Waals surface area contributed by atoms with Crippen LogP contribution in [-0.2, 0) is 0 Å². The lowest BCUT2D eigenvalue weighted by atomic mass is 9.98. The second-order valence-corrected chi connectivity index (χ2v) is 4.89. The lowest BCUT2D eigenvalue weighted by Crippen LogP contribution is -2.15. The number of aliphatic hydroxyl groups is 1. The largest absolute Gasteiger partial charge is 0.493 e. The number of Topliss-reactive ketones (excluding diaryl/α,β-unsaturated/α-hetero) is 1. The Morgan fingerprint density at radius 1 is 0.833 bits per heavy atom. The second-order valence-electron chi connectivity index (χ2n) is 4.89. The van der Waals surface area contributed by atoms with Crippen molar-refractivity contribution in [1.29, 1.82) is 0 Å². The predicted octanol–water partition coefficient (Wildman–Crippen LogP) is 2.64. The number of benzene rings is 2. The maximum atomic E-state index is 12.8. The van der Waals surface area contributed by atoms with Gasteiger partial charge in [-0.25, -0.2) is 0 Å². The molecule has 0 amide bonds. The van der Waals surface area contributed by atoms with Crippen LogP contribution in [0.15, 0.2) is 36.4 Å². The van der Waals surface area contributed by atoms with Crippen molar-refractivity contribution in [1.82, 2.24) is 0 Å². The molecule has 24 heavy (non-hydrogen) atoms. The number of para-hydroxylation sites is 2. The molecule has 0 saturated carbocycles. The standard InChI is InChI=1S/C18H20O6/c1-21-13-9-5-7-11(17(13)23-3)15(19)16(20)12-8-6-10-14(22-2)18(12)24-4/h5-10,15,19H,1-4H3/t15-/m1/s1. The summed E-state index contributed by atoms with van der Waals surface area (Å²) in [5, 5.41) is 10.6. The zero-order valence-electron chi connectivity index (χ0n) is 14.0. The van der Waals surface area contributed by atoms with Gasteiger partial charge >= 0.3 is 0 Å². The smallest absolute Gasteiger partial charge is 0.199 e. The molecule has 2 rings (SSSR count). The number of methoxy groups -OCH3 is 4. The highest BCUT2D eigenvalue weighted by atomic mass is 16.5. The Bertz CT molecular complexity index is 725. The molecule has 0 radical (unpaired) electrons. The van der Waals surface area contributed by atoms with E-state index in [2.05, 4.69) is 0 Å². The summed E-state index contributed by atoms with van der Waals surface area (Å²) < 4.78 is 20.9. The molecule has 0 aliphatic carbocycles. The van der Waals surface area contributed by atoms with Crippen LogP contribution in [0.1, 0.15) is 22.0 Å². The number of ketones is 1. The molecule has 0 aromatic heterocycles. The molecule has 6 heteroatoms. The van der Waals surface area contributed by atoms with Gasteiger partial charge in [-0.1, -0.05) is 18.2 Å². The lowest BCUT2D eigenvalue weighted by molar-refractivity contribution is 0.0737. The number of ether oxygens (including phenoxy) is 4. The van der Waals surface area contributed by atoms with Gasteiger partial charge in [-0.15, -0.1) is 0 Å². The van der Waals surface area contributed by atoms with Gasteiger partial charge in [0.25, 0.3) is 0 Å². The van der Waals surface area contributed by atoms with Crippen molar-refractivity contribution in [2.24, 2.45) is 0 Å². The fraction of sp³-hybridized carbons (Fsp3) is 0.278. The summed E-state index contributed by atoms with van der Waals surface area (Å²) in [6, 6.07) is 9.87. The number of carbonyl (C=O) groups is 1. The van der Waals surface area contributed by atoms with E-state index < -0.39 is 11.9 Å². The number of carbonyl (C=O) groups excluding carboxylic acids is 1. The van der Waals surface area contributed by atoms with Crippen LogP contribution in [-0.4, -0.2) is 39.3 Å². The Morgan fingerprint density at radius 3 is 1.92 bits per heavy atom. The maximum absolute atomic E-state index is 12.8. The molecule has 0 heterocycles. The van der Waals surface area contributed by atoms with Gasteiger partial charge in [0.05, 0.1) is 34.0 Å². The van der Waals surface area contributed by atoms with Crippen molar-refractivity contribution in [2.45, 2.75) is 6.10 Å². The molecule has 0 aliphatic heterocycles. The van der Waals surface area contributed by atoms with Crippen molar-refractivity contribution in [3.63, 3.8) is 0 Å². The van der Waals surface area contributed by atoms with Gasteiger partial charge in [-0.3, -0.25) is 4.79 Å². The average Bonchev–Trinajstić information content (AvgIpc) is 2.64. The van der Waals surface area contributed by atoms with Crippen LogP contribution in [0.5, 0.6) is 23.0 Å². The van der Waals surface area contributed by atoms with Crippen LogP contribution in [0.2, 0.25) is 0 Å². The summed E-state index contributed by atoms with van der Waals surface area (Å²) >= 11 is 0. The minimum Gasteiger partial charge on any atom is -0.493 e. The van der Waals surface area contributed by atoms with E-state index in [1.165, 1.54) is 28.4 Å². The van der Waals surface area contributed by atoms with Crippen molar-refractivity contribution in [2.75, 3.05) is 28.4 Å². The summed E-state index contributed by atoms with van der Waals surface area (Å²) in [6.45, 7) is 0. The molecule has 0 fully saturated rings. The molecule has 0 spiro atoms. The molecule has 1 N–H and O–H groups in total. The first kappa shape index (κ1) is 17.6. The summed E-state index contributed by atoms with van der Waals surface area (Å²) in [5.41, 5.74) is 0.529. The monoisotopic (exact) mass is 332 g/mol. The average molecular weight is 332 g/mol. The van der Waals surface area contributed by atoms with Crippen LogP contribution in [0.4, 0.5) is 0 Å². The van der Waals surface area contributed by atoms with Gasteiger partial charge < -0.3 is 24.1 Å². The minimum absolute atomic E-state index is 0.217. The highest BCUT2D eigenvalue weighted by molar-refractivity contribution is 6.03. The number of hydrogen-bond acceptors (Lipinski definition) is 6. The van der Waals surface area contributed by atoms with Crippen molar-refractivity contribution < 1.29 is 28.8 Å². The molecule has 128 valence electrons. The molecular formula is C18H20O6. The fourth-order valence-corrected chi connectivity index (χ4v) is 2.50. The SMILES string of the molecule is COc1cccc(C(=O)[C@H](O)c2cccc(OC)c2OC)c1OC. The van der Waals surface area contributed by atoms with Crippen molar-refractivity contribution in [3.8, 4) is 23.0 Å². The molecule has 0 aliphatic rings. The topological polar surface area (TPSA) is 74.2 Å². The van der Waals surface area contributed by atoms with Gasteiger partial charge in [0.15, 0.2) is 28.8 Å². The third-order valence-electron chi connectivity index (χ3n) is 3.64. The molecule has 6 nitrogen and oxygen atoms in total. The van der Waals surface area contributed by atoms with Gasteiger partial charge in [-0.05, 0) is 18.2 Å². The normalized spacial score (nSPS) is 11.5. The highest BCUT2D eigenvalue weighted by Gasteiger charge is 2.27. The van der Waals surface area contributed by atoms with E-state index in [1.54, 1.807) is 36.4 Å². The molecule has 2 aromatic rings. The Labute approximate surface area is 140 Å². The molecule has 1 atom stereocenters. The summed E-state index contributed by atoms with van der Waals surface area (Å²) in [6.07, 6.45) is -1.43. The van der Waals surface area contributed by atoms with Gasteiger partial charge in [-0.2, -0.15) is 0 Å². The van der Waals surface area contributed by atoms with E-state index >= 15 is 0 Å². The first-order valence-corrected chi connectivity index (χ1v) is 7.23. The van der Waals surface area contributed by atoms with E-state index in [9.17, 15) is 9.90 Å². The summed E-state index contributed by atoms with van der Waals surface area (Å²) in [7, 11) is 5.85. The van der Waals surface area contributed by atoms with Crippen LogP contribution >= 0.6 is 0 Å². The molecule has 0 saturated heterocycles. The van der Waals surface area contributed by atoms with Gasteiger partial charge in [0.1, 0.15) is 6.10 Å². The molecule has 2 aromatic carbocycles. The molecule has 0 bridgehead atoms. The fourth-order valence-electron chi connectivity index (χ4n) is 2.50. The minimum atomic E-state index is -1.43. The molecule has 0 unspecified atom stereocenters. The van der Waals surface area contributed by atoms with Crippen LogP contribution < -0.4 is 18.9 Å². The van der Waals surface area contributed by atoms with E-state index in [-0.39, 0.29) is 11.3 Å². The number of aliphatic hydroxyl groups excluding tert-OH is 1. The third-order valence-corrected chi connectivity index (χ3v) is 3.64. The third kappa shape index (κ3) is 3.14. The van der Waals surface area contributed by atoms with Gasteiger partial charge in [0, 0.05) is 5.56 Å². The quantitative estimate of drug-likeness (QED) is 0.786. The highest BCUT2D eigenvalue weighted by Crippen LogP contribution is 2.38. The van der Waals surface area contributed by atoms with Crippen molar-refractivity contribution >= 4 is 5.78 Å². The predicted molar refractivity (Wildman–Crippen MR) is 88.4 cm³/mol. The van der Waals surface area contributed by atoms with Crippen molar-refractivity contribution in [3.05, 3.63) is 47.5 Å². The second kappa shape index (κ2) is 7.70. The Kier molecular flexibility index (Phi) is 5.65. The number of hydrogen-bond donors (Lipinski definition) is 1. The van der Waals surface area contributed by atoms with E-state index in [1.807, 2.05) is 0 Å². The Balaban J connectivity index is 2.48.